The van der Waals surface area contributed by atoms with Gasteiger partial charge < -0.3 is 9.73 Å². The van der Waals surface area contributed by atoms with Crippen LogP contribution in [0.3, 0.4) is 0 Å². The summed E-state index contributed by atoms with van der Waals surface area (Å²) in [5, 5.41) is 11.8. The van der Waals surface area contributed by atoms with Crippen LogP contribution in [0, 0.1) is 0 Å². The van der Waals surface area contributed by atoms with Crippen molar-refractivity contribution in [2.45, 2.75) is 0 Å². The fourth-order valence-corrected chi connectivity index (χ4v) is 3.21. The second-order valence-corrected chi connectivity index (χ2v) is 6.92. The number of benzene rings is 3. The van der Waals surface area contributed by atoms with Gasteiger partial charge in [-0.1, -0.05) is 48.5 Å². The molecule has 6 heteroatoms. The molecule has 0 spiro atoms. The molecule has 0 unspecified atom stereocenters. The standard InChI is InChI=1S/C25H18N4O2/c30-25(16-13-21-12-15-24(31-21)18-7-3-1-4-8-18)26-19-11-14-22-23(17-19)28-29(27-22)20-9-5-2-6-10-20/h1-17H,(H,26,30)/b16-13+. The average Bonchev–Trinajstić information content (AvgIpc) is 3.46. The molecule has 1 N–H and O–H groups in total. The minimum atomic E-state index is -0.257. The minimum absolute atomic E-state index is 0.257. The fraction of sp³-hybridized carbons (Fsp3) is 0. The molecule has 3 aromatic carbocycles. The van der Waals surface area contributed by atoms with Crippen LogP contribution in [0.15, 0.2) is 101 Å². The van der Waals surface area contributed by atoms with Crippen LogP contribution in [0.1, 0.15) is 5.76 Å². The van der Waals surface area contributed by atoms with Crippen molar-refractivity contribution in [3.8, 4) is 17.0 Å². The lowest BCUT2D eigenvalue weighted by Crippen LogP contribution is -2.07. The van der Waals surface area contributed by atoms with Gasteiger partial charge in [0.2, 0.25) is 5.91 Å². The monoisotopic (exact) mass is 406 g/mol. The summed E-state index contributed by atoms with van der Waals surface area (Å²) in [7, 11) is 0. The van der Waals surface area contributed by atoms with E-state index in [2.05, 4.69) is 15.5 Å². The first-order valence-electron chi connectivity index (χ1n) is 9.81. The second kappa shape index (κ2) is 8.12. The molecule has 2 aromatic heterocycles. The van der Waals surface area contributed by atoms with Crippen molar-refractivity contribution in [1.29, 1.82) is 0 Å². The van der Waals surface area contributed by atoms with Gasteiger partial charge in [-0.2, -0.15) is 4.80 Å². The first-order chi connectivity index (χ1) is 15.2. The van der Waals surface area contributed by atoms with E-state index in [4.69, 9.17) is 4.42 Å². The van der Waals surface area contributed by atoms with Gasteiger partial charge in [0.15, 0.2) is 0 Å². The molecule has 0 saturated heterocycles. The van der Waals surface area contributed by atoms with Gasteiger partial charge in [0, 0.05) is 17.3 Å². The average molecular weight is 406 g/mol. The summed E-state index contributed by atoms with van der Waals surface area (Å²) < 4.78 is 5.78. The fourth-order valence-electron chi connectivity index (χ4n) is 3.21. The molecule has 0 aliphatic rings. The molecule has 150 valence electrons. The molecule has 2 heterocycles. The van der Waals surface area contributed by atoms with E-state index >= 15 is 0 Å². The van der Waals surface area contributed by atoms with E-state index in [1.807, 2.05) is 78.9 Å². The normalized spacial score (nSPS) is 11.2. The summed E-state index contributed by atoms with van der Waals surface area (Å²) >= 11 is 0. The highest BCUT2D eigenvalue weighted by atomic mass is 16.3. The first-order valence-corrected chi connectivity index (χ1v) is 9.81. The van der Waals surface area contributed by atoms with Crippen molar-refractivity contribution in [1.82, 2.24) is 15.0 Å². The van der Waals surface area contributed by atoms with Gasteiger partial charge in [-0.15, -0.1) is 10.2 Å². The maximum Gasteiger partial charge on any atom is 0.248 e. The Morgan fingerprint density at radius 3 is 2.39 bits per heavy atom. The third-order valence-corrected chi connectivity index (χ3v) is 4.72. The van der Waals surface area contributed by atoms with E-state index in [0.29, 0.717) is 17.0 Å². The number of rotatable bonds is 5. The molecule has 5 rings (SSSR count). The largest absolute Gasteiger partial charge is 0.457 e. The van der Waals surface area contributed by atoms with Gasteiger partial charge in [-0.3, -0.25) is 4.79 Å². The number of aromatic nitrogens is 3. The van der Waals surface area contributed by atoms with E-state index < -0.39 is 0 Å². The molecule has 31 heavy (non-hydrogen) atoms. The summed E-state index contributed by atoms with van der Waals surface area (Å²) in [6, 6.07) is 28.7. The van der Waals surface area contributed by atoms with Crippen LogP contribution >= 0.6 is 0 Å². The molecule has 0 aliphatic heterocycles. The van der Waals surface area contributed by atoms with Gasteiger partial charge in [-0.05, 0) is 48.5 Å². The predicted molar refractivity (Wildman–Crippen MR) is 121 cm³/mol. The van der Waals surface area contributed by atoms with Crippen LogP contribution in [0.25, 0.3) is 34.1 Å². The number of carbonyl (C=O) groups excluding carboxylic acids is 1. The van der Waals surface area contributed by atoms with Crippen LogP contribution in [0.2, 0.25) is 0 Å². The molecule has 1 amide bonds. The maximum atomic E-state index is 12.3. The Kier molecular flexibility index (Phi) is 4.86. The molecular formula is C25H18N4O2. The quantitative estimate of drug-likeness (QED) is 0.400. The van der Waals surface area contributed by atoms with Gasteiger partial charge in [0.05, 0.1) is 5.69 Å². The molecule has 0 fully saturated rings. The molecule has 0 bridgehead atoms. The number of anilines is 1. The summed E-state index contributed by atoms with van der Waals surface area (Å²) in [6.07, 6.45) is 3.09. The van der Waals surface area contributed by atoms with Crippen molar-refractivity contribution >= 4 is 28.7 Å². The van der Waals surface area contributed by atoms with E-state index in [-0.39, 0.29) is 5.91 Å². The summed E-state index contributed by atoms with van der Waals surface area (Å²) in [4.78, 5) is 13.9. The van der Waals surface area contributed by atoms with Crippen molar-refractivity contribution < 1.29 is 9.21 Å². The summed E-state index contributed by atoms with van der Waals surface area (Å²) in [5.74, 6) is 1.11. The number of nitrogens with one attached hydrogen (secondary N) is 1. The minimum Gasteiger partial charge on any atom is -0.457 e. The summed E-state index contributed by atoms with van der Waals surface area (Å²) in [6.45, 7) is 0. The molecule has 0 saturated carbocycles. The van der Waals surface area contributed by atoms with Crippen LogP contribution in [-0.4, -0.2) is 20.9 Å². The first kappa shape index (κ1) is 18.6. The number of hydrogen-bond donors (Lipinski definition) is 1. The molecule has 5 aromatic rings. The molecule has 0 atom stereocenters. The van der Waals surface area contributed by atoms with E-state index in [1.165, 1.54) is 6.08 Å². The number of carbonyl (C=O) groups is 1. The Morgan fingerprint density at radius 1 is 0.839 bits per heavy atom. The van der Waals surface area contributed by atoms with Gasteiger partial charge in [0.1, 0.15) is 22.6 Å². The number of hydrogen-bond acceptors (Lipinski definition) is 4. The lowest BCUT2D eigenvalue weighted by atomic mass is 10.2. The van der Waals surface area contributed by atoms with Crippen molar-refractivity contribution in [3.63, 3.8) is 0 Å². The second-order valence-electron chi connectivity index (χ2n) is 6.92. The molecular weight excluding hydrogens is 388 g/mol. The molecule has 0 aliphatic carbocycles. The maximum absolute atomic E-state index is 12.3. The zero-order valence-electron chi connectivity index (χ0n) is 16.5. The lowest BCUT2D eigenvalue weighted by Gasteiger charge is -2.00. The summed E-state index contributed by atoms with van der Waals surface area (Å²) in [5.41, 5.74) is 3.96. The Labute approximate surface area is 178 Å². The van der Waals surface area contributed by atoms with E-state index in [9.17, 15) is 4.79 Å². The smallest absolute Gasteiger partial charge is 0.248 e. The Morgan fingerprint density at radius 2 is 1.58 bits per heavy atom. The number of para-hydroxylation sites is 1. The third-order valence-electron chi connectivity index (χ3n) is 4.72. The van der Waals surface area contributed by atoms with Crippen molar-refractivity contribution in [3.05, 3.63) is 103 Å². The topological polar surface area (TPSA) is 73.0 Å². The van der Waals surface area contributed by atoms with E-state index in [1.54, 1.807) is 23.0 Å². The van der Waals surface area contributed by atoms with Gasteiger partial charge >= 0.3 is 0 Å². The zero-order chi connectivity index (χ0) is 21.0. The Hall–Kier alpha value is -4.45. The van der Waals surface area contributed by atoms with Crippen LogP contribution < -0.4 is 5.32 Å². The zero-order valence-corrected chi connectivity index (χ0v) is 16.5. The molecule has 6 nitrogen and oxygen atoms in total. The third kappa shape index (κ3) is 4.13. The van der Waals surface area contributed by atoms with Crippen LogP contribution in [0.5, 0.6) is 0 Å². The number of nitrogens with zero attached hydrogens (tertiary/aromatic N) is 3. The van der Waals surface area contributed by atoms with Crippen molar-refractivity contribution in [2.75, 3.05) is 5.32 Å². The van der Waals surface area contributed by atoms with Gasteiger partial charge in [-0.25, -0.2) is 0 Å². The highest BCUT2D eigenvalue weighted by Gasteiger charge is 2.07. The Balaban J connectivity index is 1.28. The van der Waals surface area contributed by atoms with Crippen LogP contribution in [0.4, 0.5) is 5.69 Å². The van der Waals surface area contributed by atoms with Gasteiger partial charge in [0.25, 0.3) is 0 Å². The van der Waals surface area contributed by atoms with Crippen molar-refractivity contribution in [2.24, 2.45) is 0 Å². The predicted octanol–water partition coefficient (Wildman–Crippen LogP) is 5.33. The molecule has 0 radical (unpaired) electrons. The van der Waals surface area contributed by atoms with E-state index in [0.717, 1.165) is 22.5 Å². The highest BCUT2D eigenvalue weighted by molar-refractivity contribution is 6.02. The number of fused-ring (bicyclic) bond motifs is 1. The van der Waals surface area contributed by atoms with Crippen LogP contribution in [-0.2, 0) is 4.79 Å². The number of amides is 1. The number of furan rings is 1. The Bertz CT molecular complexity index is 1370. The SMILES string of the molecule is O=C(/C=C/c1ccc(-c2ccccc2)o1)Nc1ccc2nn(-c3ccccc3)nc2c1. The highest BCUT2D eigenvalue weighted by Crippen LogP contribution is 2.22. The lowest BCUT2D eigenvalue weighted by molar-refractivity contribution is -0.111.